The molecule has 0 spiro atoms. The van der Waals surface area contributed by atoms with Gasteiger partial charge in [-0.25, -0.2) is 4.79 Å². The van der Waals surface area contributed by atoms with Gasteiger partial charge in [0.1, 0.15) is 5.54 Å². The molecule has 5 heteroatoms. The van der Waals surface area contributed by atoms with Crippen LogP contribution < -0.4 is 5.32 Å². The van der Waals surface area contributed by atoms with E-state index in [4.69, 9.17) is 4.74 Å². The minimum atomic E-state index is -0.662. The summed E-state index contributed by atoms with van der Waals surface area (Å²) in [6.07, 6.45) is 0.765. The van der Waals surface area contributed by atoms with Gasteiger partial charge in [-0.3, -0.25) is 0 Å². The van der Waals surface area contributed by atoms with Crippen molar-refractivity contribution in [3.63, 3.8) is 0 Å². The lowest BCUT2D eigenvalue weighted by atomic mass is 9.79. The molecule has 0 aliphatic carbocycles. The number of halogens is 1. The first-order valence-electron chi connectivity index (χ1n) is 6.57. The summed E-state index contributed by atoms with van der Waals surface area (Å²) < 4.78 is 6.02. The van der Waals surface area contributed by atoms with Crippen LogP contribution in [0.1, 0.15) is 20.3 Å². The van der Waals surface area contributed by atoms with E-state index in [1.165, 1.54) is 7.11 Å². The number of rotatable bonds is 3. The molecule has 1 aliphatic rings. The molecule has 1 aliphatic heterocycles. The summed E-state index contributed by atoms with van der Waals surface area (Å²) in [5, 5.41) is 3.43. The number of carbonyl (C=O) groups is 1. The van der Waals surface area contributed by atoms with Crippen LogP contribution in [0.5, 0.6) is 0 Å². The number of carbonyl (C=O) groups excluding carboxylic acids is 1. The molecule has 3 nitrogen and oxygen atoms in total. The Kier molecular flexibility index (Phi) is 4.69. The quantitative estimate of drug-likeness (QED) is 0.831. The third-order valence-electron chi connectivity index (χ3n) is 3.45. The molecule has 1 N–H and O–H groups in total. The van der Waals surface area contributed by atoms with Crippen LogP contribution in [0.2, 0.25) is 0 Å². The number of hydrogen-bond donors (Lipinski definition) is 1. The van der Waals surface area contributed by atoms with Crippen LogP contribution >= 0.6 is 27.7 Å². The highest BCUT2D eigenvalue weighted by Gasteiger charge is 2.47. The molecule has 1 fully saturated rings. The summed E-state index contributed by atoms with van der Waals surface area (Å²) in [5.41, 5.74) is 0.368. The number of benzene rings is 1. The highest BCUT2D eigenvalue weighted by molar-refractivity contribution is 9.10. The summed E-state index contributed by atoms with van der Waals surface area (Å²) in [4.78, 5) is 12.4. The molecule has 110 valence electrons. The molecule has 20 heavy (non-hydrogen) atoms. The van der Waals surface area contributed by atoms with E-state index in [-0.39, 0.29) is 11.4 Å². The van der Waals surface area contributed by atoms with Crippen LogP contribution in [0.25, 0.3) is 0 Å². The molecule has 0 bridgehead atoms. The first kappa shape index (κ1) is 15.7. The maximum Gasteiger partial charge on any atom is 0.332 e. The van der Waals surface area contributed by atoms with Gasteiger partial charge in [0, 0.05) is 15.9 Å². The Bertz CT molecular complexity index is 506. The lowest BCUT2D eigenvalue weighted by Gasteiger charge is -2.43. The van der Waals surface area contributed by atoms with Crippen molar-refractivity contribution in [2.75, 3.05) is 23.9 Å². The van der Waals surface area contributed by atoms with Crippen LogP contribution in [-0.4, -0.2) is 30.1 Å². The van der Waals surface area contributed by atoms with Crippen molar-refractivity contribution in [2.24, 2.45) is 5.41 Å². The molecule has 0 radical (unpaired) electrons. The van der Waals surface area contributed by atoms with Gasteiger partial charge in [-0.05, 0) is 45.7 Å². The maximum atomic E-state index is 12.4. The molecule has 0 saturated carbocycles. The van der Waals surface area contributed by atoms with Crippen molar-refractivity contribution < 1.29 is 9.53 Å². The lowest BCUT2D eigenvalue weighted by Crippen LogP contribution is -2.55. The summed E-state index contributed by atoms with van der Waals surface area (Å²) in [6, 6.07) is 7.86. The highest BCUT2D eigenvalue weighted by atomic mass is 79.9. The van der Waals surface area contributed by atoms with Crippen molar-refractivity contribution in [3.8, 4) is 0 Å². The summed E-state index contributed by atoms with van der Waals surface area (Å²) >= 11 is 5.32. The van der Waals surface area contributed by atoms with E-state index in [0.717, 1.165) is 28.1 Å². The predicted molar refractivity (Wildman–Crippen MR) is 88.2 cm³/mol. The molecule has 1 aromatic carbocycles. The average molecular weight is 358 g/mol. The van der Waals surface area contributed by atoms with Crippen molar-refractivity contribution in [1.82, 2.24) is 0 Å². The number of esters is 1. The number of hydrogen-bond acceptors (Lipinski definition) is 4. The van der Waals surface area contributed by atoms with Gasteiger partial charge in [-0.15, -0.1) is 0 Å². The number of methoxy groups -OCH3 is 1. The molecule has 0 aromatic heterocycles. The predicted octanol–water partition coefficient (Wildman–Crippen LogP) is 3.94. The molecule has 0 amide bonds. The van der Waals surface area contributed by atoms with Crippen LogP contribution in [-0.2, 0) is 9.53 Å². The zero-order valence-electron chi connectivity index (χ0n) is 12.0. The number of para-hydroxylation sites is 1. The third-order valence-corrected chi connectivity index (χ3v) is 5.82. The summed E-state index contributed by atoms with van der Waals surface area (Å²) in [6.45, 7) is 4.39. The van der Waals surface area contributed by atoms with E-state index in [0.29, 0.717) is 0 Å². The maximum absolute atomic E-state index is 12.4. The fraction of sp³-hybridized carbons (Fsp3) is 0.533. The van der Waals surface area contributed by atoms with Gasteiger partial charge in [0.15, 0.2) is 0 Å². The minimum absolute atomic E-state index is 0.103. The zero-order valence-corrected chi connectivity index (χ0v) is 14.4. The largest absolute Gasteiger partial charge is 0.467 e. The van der Waals surface area contributed by atoms with Gasteiger partial charge in [0.05, 0.1) is 7.11 Å². The van der Waals surface area contributed by atoms with E-state index in [9.17, 15) is 4.79 Å². The van der Waals surface area contributed by atoms with Crippen molar-refractivity contribution in [2.45, 2.75) is 25.8 Å². The Morgan fingerprint density at radius 1 is 1.35 bits per heavy atom. The van der Waals surface area contributed by atoms with Gasteiger partial charge in [0.25, 0.3) is 0 Å². The van der Waals surface area contributed by atoms with Crippen LogP contribution in [0.15, 0.2) is 28.7 Å². The summed E-state index contributed by atoms with van der Waals surface area (Å²) in [7, 11) is 1.46. The van der Waals surface area contributed by atoms with E-state index in [1.54, 1.807) is 11.8 Å². The first-order valence-corrected chi connectivity index (χ1v) is 8.52. The second-order valence-electron chi connectivity index (χ2n) is 6.01. The molecule has 1 atom stereocenters. The molecular weight excluding hydrogens is 338 g/mol. The van der Waals surface area contributed by atoms with Gasteiger partial charge < -0.3 is 10.1 Å². The van der Waals surface area contributed by atoms with E-state index in [2.05, 4.69) is 35.1 Å². The van der Waals surface area contributed by atoms with Crippen molar-refractivity contribution in [1.29, 1.82) is 0 Å². The molecule has 1 heterocycles. The first-order chi connectivity index (χ1) is 9.38. The molecule has 1 aromatic rings. The van der Waals surface area contributed by atoms with Crippen LogP contribution in [0, 0.1) is 5.41 Å². The van der Waals surface area contributed by atoms with Gasteiger partial charge in [0.2, 0.25) is 0 Å². The number of nitrogens with one attached hydrogen (secondary N) is 1. The molecular formula is C15H20BrNO2S. The fourth-order valence-electron chi connectivity index (χ4n) is 2.70. The molecule has 2 rings (SSSR count). The Morgan fingerprint density at radius 3 is 2.65 bits per heavy atom. The Labute approximate surface area is 133 Å². The lowest BCUT2D eigenvalue weighted by molar-refractivity contribution is -0.146. The Hall–Kier alpha value is -0.680. The van der Waals surface area contributed by atoms with Crippen LogP contribution in [0.3, 0.4) is 0 Å². The molecule has 1 unspecified atom stereocenters. The smallest absolute Gasteiger partial charge is 0.332 e. The SMILES string of the molecule is COC(=O)C1(Nc2ccccc2Br)CSCC(C)(C)C1. The zero-order chi connectivity index (χ0) is 14.8. The monoisotopic (exact) mass is 357 g/mol. The topological polar surface area (TPSA) is 38.3 Å². The van der Waals surface area contributed by atoms with E-state index in [1.807, 2.05) is 24.3 Å². The summed E-state index contributed by atoms with van der Waals surface area (Å²) in [5.74, 6) is 1.60. The normalized spacial score (nSPS) is 25.0. The van der Waals surface area contributed by atoms with Crippen molar-refractivity contribution >= 4 is 39.3 Å². The van der Waals surface area contributed by atoms with E-state index < -0.39 is 5.54 Å². The van der Waals surface area contributed by atoms with Gasteiger partial charge >= 0.3 is 5.97 Å². The number of anilines is 1. The second kappa shape index (κ2) is 5.98. The second-order valence-corrected chi connectivity index (χ2v) is 7.85. The van der Waals surface area contributed by atoms with E-state index >= 15 is 0 Å². The fourth-order valence-corrected chi connectivity index (χ4v) is 4.48. The minimum Gasteiger partial charge on any atom is -0.467 e. The Balaban J connectivity index is 2.33. The number of ether oxygens (including phenoxy) is 1. The Morgan fingerprint density at radius 2 is 2.05 bits per heavy atom. The van der Waals surface area contributed by atoms with Gasteiger partial charge in [-0.2, -0.15) is 11.8 Å². The third kappa shape index (κ3) is 3.31. The average Bonchev–Trinajstić information content (AvgIpc) is 2.39. The van der Waals surface area contributed by atoms with Gasteiger partial charge in [-0.1, -0.05) is 26.0 Å². The molecule has 1 saturated heterocycles. The standard InChI is InChI=1S/C15H20BrNO2S/c1-14(2)8-15(10-20-9-14,13(18)19-3)17-12-7-5-4-6-11(12)16/h4-7,17H,8-10H2,1-3H3. The highest BCUT2D eigenvalue weighted by Crippen LogP contribution is 2.42. The van der Waals surface area contributed by atoms with Crippen molar-refractivity contribution in [3.05, 3.63) is 28.7 Å². The van der Waals surface area contributed by atoms with Crippen LogP contribution in [0.4, 0.5) is 5.69 Å². The number of thioether (sulfide) groups is 1.